The first-order valence-corrected chi connectivity index (χ1v) is 7.81. The molecule has 0 fully saturated rings. The summed E-state index contributed by atoms with van der Waals surface area (Å²) in [6.07, 6.45) is 2.55. The van der Waals surface area contributed by atoms with Crippen molar-refractivity contribution in [3.05, 3.63) is 89.7 Å². The molecule has 4 aromatic rings. The number of hydrogen-bond donors (Lipinski definition) is 0. The number of rotatable bonds is 2. The highest BCUT2D eigenvalue weighted by Crippen LogP contribution is 2.18. The van der Waals surface area contributed by atoms with Crippen LogP contribution in [0.5, 0.6) is 0 Å². The van der Waals surface area contributed by atoms with Crippen LogP contribution in [-0.2, 0) is 0 Å². The summed E-state index contributed by atoms with van der Waals surface area (Å²) in [6.45, 7) is 0. The van der Waals surface area contributed by atoms with Gasteiger partial charge < -0.3 is 0 Å². The van der Waals surface area contributed by atoms with Crippen molar-refractivity contribution in [1.29, 1.82) is 0 Å². The Morgan fingerprint density at radius 3 is 2.44 bits per heavy atom. The molecule has 25 heavy (non-hydrogen) atoms. The van der Waals surface area contributed by atoms with E-state index in [1.165, 1.54) is 0 Å². The van der Waals surface area contributed by atoms with Crippen molar-refractivity contribution in [2.75, 3.05) is 0 Å². The molecule has 0 aliphatic heterocycles. The van der Waals surface area contributed by atoms with Crippen LogP contribution >= 0.6 is 0 Å². The maximum atomic E-state index is 10.8. The van der Waals surface area contributed by atoms with E-state index in [1.807, 2.05) is 54.6 Å². The Kier molecular flexibility index (Phi) is 3.82. The largest absolute Gasteiger partial charge is 0.298 e. The molecule has 0 amide bonds. The van der Waals surface area contributed by atoms with Gasteiger partial charge in [-0.25, -0.2) is 9.50 Å². The molecule has 0 bridgehead atoms. The van der Waals surface area contributed by atoms with Gasteiger partial charge >= 0.3 is 0 Å². The summed E-state index contributed by atoms with van der Waals surface area (Å²) in [6, 6.07) is 20.9. The zero-order valence-electron chi connectivity index (χ0n) is 13.3. The smallest absolute Gasteiger partial charge is 0.154 e. The maximum absolute atomic E-state index is 10.8. The molecule has 0 atom stereocenters. The second-order valence-corrected chi connectivity index (χ2v) is 5.49. The van der Waals surface area contributed by atoms with E-state index >= 15 is 0 Å². The fourth-order valence-electron chi connectivity index (χ4n) is 2.50. The highest BCUT2D eigenvalue weighted by molar-refractivity contribution is 5.76. The Morgan fingerprint density at radius 1 is 0.880 bits per heavy atom. The summed E-state index contributed by atoms with van der Waals surface area (Å²) in [4.78, 5) is 15.1. The number of nitrogens with zero attached hydrogens (tertiary/aromatic N) is 3. The molecule has 2 heterocycles. The number of aldehydes is 1. The van der Waals surface area contributed by atoms with Crippen molar-refractivity contribution < 1.29 is 4.79 Å². The average molecular weight is 323 g/mol. The van der Waals surface area contributed by atoms with E-state index in [0.29, 0.717) is 5.56 Å². The van der Waals surface area contributed by atoms with Gasteiger partial charge in [-0.1, -0.05) is 48.4 Å². The third-order valence-electron chi connectivity index (χ3n) is 3.81. The first kappa shape index (κ1) is 14.9. The molecule has 0 saturated heterocycles. The molecule has 2 aromatic carbocycles. The lowest BCUT2D eigenvalue weighted by Gasteiger charge is -2.02. The van der Waals surface area contributed by atoms with Crippen molar-refractivity contribution >= 4 is 11.9 Å². The minimum Gasteiger partial charge on any atom is -0.298 e. The van der Waals surface area contributed by atoms with Crippen molar-refractivity contribution in [2.24, 2.45) is 0 Å². The number of aromatic nitrogens is 3. The van der Waals surface area contributed by atoms with Gasteiger partial charge in [0.1, 0.15) is 12.0 Å². The molecule has 0 N–H and O–H groups in total. The predicted octanol–water partition coefficient (Wildman–Crippen LogP) is 3.61. The van der Waals surface area contributed by atoms with Crippen LogP contribution in [0, 0.1) is 11.8 Å². The van der Waals surface area contributed by atoms with E-state index in [0.717, 1.165) is 34.4 Å². The molecular weight excluding hydrogens is 310 g/mol. The van der Waals surface area contributed by atoms with Crippen LogP contribution < -0.4 is 0 Å². The number of hydrogen-bond acceptors (Lipinski definition) is 3. The molecule has 4 nitrogen and oxygen atoms in total. The lowest BCUT2D eigenvalue weighted by atomic mass is 10.1. The van der Waals surface area contributed by atoms with Gasteiger partial charge in [0, 0.05) is 16.7 Å². The second kappa shape index (κ2) is 6.42. The zero-order chi connectivity index (χ0) is 17.1. The SMILES string of the molecule is O=Cc1ccc(-c2ccc3ncc(C#Cc4ccccc4)n3n2)cc1. The fourth-order valence-corrected chi connectivity index (χ4v) is 2.50. The van der Waals surface area contributed by atoms with Gasteiger partial charge in [0.25, 0.3) is 0 Å². The van der Waals surface area contributed by atoms with E-state index < -0.39 is 0 Å². The van der Waals surface area contributed by atoms with E-state index in [2.05, 4.69) is 21.9 Å². The van der Waals surface area contributed by atoms with Gasteiger partial charge in [-0.2, -0.15) is 5.10 Å². The summed E-state index contributed by atoms with van der Waals surface area (Å²) in [7, 11) is 0. The molecule has 2 aromatic heterocycles. The van der Waals surface area contributed by atoms with E-state index in [9.17, 15) is 4.79 Å². The van der Waals surface area contributed by atoms with E-state index in [-0.39, 0.29) is 0 Å². The molecule has 0 aliphatic rings. The Morgan fingerprint density at radius 2 is 1.68 bits per heavy atom. The molecule has 0 spiro atoms. The van der Waals surface area contributed by atoms with E-state index in [4.69, 9.17) is 0 Å². The molecule has 4 heteroatoms. The molecular formula is C21H13N3O. The quantitative estimate of drug-likeness (QED) is 0.418. The topological polar surface area (TPSA) is 47.3 Å². The summed E-state index contributed by atoms with van der Waals surface area (Å²) in [5.41, 5.74) is 4.78. The normalized spacial score (nSPS) is 10.2. The number of fused-ring (bicyclic) bond motifs is 1. The first-order valence-electron chi connectivity index (χ1n) is 7.81. The number of carbonyl (C=O) groups excluding carboxylic acids is 1. The van der Waals surface area contributed by atoms with E-state index in [1.54, 1.807) is 22.8 Å². The first-order chi connectivity index (χ1) is 12.3. The standard InChI is InChI=1S/C21H13N3O/c25-15-17-6-9-18(10-7-17)20-12-13-21-22-14-19(24(21)23-20)11-8-16-4-2-1-3-5-16/h1-7,9-10,12-15H. The lowest BCUT2D eigenvalue weighted by Crippen LogP contribution is -1.97. The fraction of sp³-hybridized carbons (Fsp3) is 0. The van der Waals surface area contributed by atoms with Gasteiger partial charge in [0.15, 0.2) is 5.65 Å². The number of benzene rings is 2. The molecule has 0 radical (unpaired) electrons. The minimum atomic E-state index is 0.641. The van der Waals surface area contributed by atoms with Crippen molar-refractivity contribution in [3.8, 4) is 23.1 Å². The van der Waals surface area contributed by atoms with Gasteiger partial charge in [-0.15, -0.1) is 0 Å². The molecule has 0 saturated carbocycles. The van der Waals surface area contributed by atoms with Crippen LogP contribution in [0.25, 0.3) is 16.9 Å². The summed E-state index contributed by atoms with van der Waals surface area (Å²) < 4.78 is 1.74. The number of carbonyl (C=O) groups is 1. The van der Waals surface area contributed by atoms with Crippen LogP contribution in [0.15, 0.2) is 72.9 Å². The van der Waals surface area contributed by atoms with Crippen LogP contribution in [0.2, 0.25) is 0 Å². The third-order valence-corrected chi connectivity index (χ3v) is 3.81. The summed E-state index contributed by atoms with van der Waals surface area (Å²) in [5, 5.41) is 4.64. The highest BCUT2D eigenvalue weighted by atomic mass is 16.1. The van der Waals surface area contributed by atoms with Gasteiger partial charge in [0.05, 0.1) is 11.9 Å². The lowest BCUT2D eigenvalue weighted by molar-refractivity contribution is 0.112. The zero-order valence-corrected chi connectivity index (χ0v) is 13.3. The van der Waals surface area contributed by atoms with Crippen molar-refractivity contribution in [3.63, 3.8) is 0 Å². The molecule has 118 valence electrons. The molecule has 4 rings (SSSR count). The maximum Gasteiger partial charge on any atom is 0.154 e. The van der Waals surface area contributed by atoms with Crippen LogP contribution in [-0.4, -0.2) is 20.9 Å². The predicted molar refractivity (Wildman–Crippen MR) is 96.2 cm³/mol. The monoisotopic (exact) mass is 323 g/mol. The van der Waals surface area contributed by atoms with Crippen molar-refractivity contribution in [2.45, 2.75) is 0 Å². The summed E-state index contributed by atoms with van der Waals surface area (Å²) >= 11 is 0. The van der Waals surface area contributed by atoms with Gasteiger partial charge in [0.2, 0.25) is 0 Å². The third kappa shape index (κ3) is 3.04. The molecule has 0 aliphatic carbocycles. The summed E-state index contributed by atoms with van der Waals surface area (Å²) in [5.74, 6) is 6.25. The Bertz CT molecular complexity index is 1100. The van der Waals surface area contributed by atoms with Crippen LogP contribution in [0.1, 0.15) is 21.6 Å². The van der Waals surface area contributed by atoms with Crippen LogP contribution in [0.4, 0.5) is 0 Å². The van der Waals surface area contributed by atoms with Gasteiger partial charge in [-0.05, 0) is 30.2 Å². The minimum absolute atomic E-state index is 0.641. The molecule has 0 unspecified atom stereocenters. The highest BCUT2D eigenvalue weighted by Gasteiger charge is 2.05. The van der Waals surface area contributed by atoms with Gasteiger partial charge in [-0.3, -0.25) is 4.79 Å². The Hall–Kier alpha value is -3.71. The second-order valence-electron chi connectivity index (χ2n) is 5.49. The Balaban J connectivity index is 1.75. The Labute approximate surface area is 144 Å². The van der Waals surface area contributed by atoms with Crippen molar-refractivity contribution in [1.82, 2.24) is 14.6 Å². The number of imidazole rings is 1. The average Bonchev–Trinajstić information content (AvgIpc) is 3.09. The van der Waals surface area contributed by atoms with Crippen LogP contribution in [0.3, 0.4) is 0 Å².